The van der Waals surface area contributed by atoms with Crippen molar-refractivity contribution in [1.82, 2.24) is 10.3 Å². The number of carbonyl (C=O) groups excluding carboxylic acids is 1. The molecule has 0 radical (unpaired) electrons. The van der Waals surface area contributed by atoms with E-state index in [-0.39, 0.29) is 12.0 Å². The minimum atomic E-state index is -0.153. The van der Waals surface area contributed by atoms with Gasteiger partial charge in [0, 0.05) is 36.0 Å². The molecular weight excluding hydrogens is 280 g/mol. The summed E-state index contributed by atoms with van der Waals surface area (Å²) in [4.78, 5) is 14.6. The standard InChI is InChI=1S/C13H18N2O2S2/c1-2-3-4-12(16)17-7-10-5-9(6-14-10)11-8-19-13(18)15-11/h2,8-10,14H,1,3-7H2,(H,15,18)/t9-,10+/m1/s1. The van der Waals surface area contributed by atoms with E-state index in [0.717, 1.165) is 16.9 Å². The van der Waals surface area contributed by atoms with Crippen LogP contribution in [0.4, 0.5) is 0 Å². The number of carbonyl (C=O) groups is 1. The molecule has 2 rings (SSSR count). The van der Waals surface area contributed by atoms with Crippen molar-refractivity contribution in [2.75, 3.05) is 13.2 Å². The molecule has 0 bridgehead atoms. The summed E-state index contributed by atoms with van der Waals surface area (Å²) in [5.74, 6) is 0.282. The van der Waals surface area contributed by atoms with Crippen LogP contribution in [0.25, 0.3) is 0 Å². The minimum absolute atomic E-state index is 0.153. The Morgan fingerprint density at radius 3 is 3.21 bits per heavy atom. The number of nitrogens with one attached hydrogen (secondary N) is 2. The summed E-state index contributed by atoms with van der Waals surface area (Å²) < 4.78 is 6.05. The van der Waals surface area contributed by atoms with Gasteiger partial charge in [0.25, 0.3) is 0 Å². The van der Waals surface area contributed by atoms with Crippen LogP contribution in [-0.4, -0.2) is 30.1 Å². The minimum Gasteiger partial charge on any atom is -0.464 e. The maximum absolute atomic E-state index is 11.4. The van der Waals surface area contributed by atoms with Crippen molar-refractivity contribution in [3.05, 3.63) is 27.7 Å². The fourth-order valence-corrected chi connectivity index (χ4v) is 3.08. The van der Waals surface area contributed by atoms with Crippen molar-refractivity contribution < 1.29 is 9.53 Å². The van der Waals surface area contributed by atoms with E-state index in [1.807, 2.05) is 0 Å². The Hall–Kier alpha value is -0.980. The van der Waals surface area contributed by atoms with E-state index in [9.17, 15) is 4.79 Å². The molecule has 1 aromatic heterocycles. The van der Waals surface area contributed by atoms with Crippen molar-refractivity contribution in [2.24, 2.45) is 0 Å². The van der Waals surface area contributed by atoms with Gasteiger partial charge < -0.3 is 15.0 Å². The van der Waals surface area contributed by atoms with Gasteiger partial charge in [-0.25, -0.2) is 0 Å². The summed E-state index contributed by atoms with van der Waals surface area (Å²) in [6.07, 6.45) is 3.78. The van der Waals surface area contributed by atoms with Crippen LogP contribution in [0.15, 0.2) is 18.0 Å². The van der Waals surface area contributed by atoms with Crippen molar-refractivity contribution in [3.63, 3.8) is 0 Å². The molecule has 19 heavy (non-hydrogen) atoms. The SMILES string of the molecule is C=CCCC(=O)OC[C@@H]1C[C@@H](c2csc(=S)[nH]2)CN1. The number of ether oxygens (including phenoxy) is 1. The second-order valence-electron chi connectivity index (χ2n) is 4.65. The average Bonchev–Trinajstić information content (AvgIpc) is 3.02. The smallest absolute Gasteiger partial charge is 0.306 e. The van der Waals surface area contributed by atoms with Crippen molar-refractivity contribution in [2.45, 2.75) is 31.2 Å². The first-order chi connectivity index (χ1) is 9.19. The zero-order valence-corrected chi connectivity index (χ0v) is 12.3. The molecule has 6 heteroatoms. The molecule has 1 aromatic rings. The molecule has 1 aliphatic heterocycles. The Kier molecular flexibility index (Phi) is 5.30. The van der Waals surface area contributed by atoms with Gasteiger partial charge >= 0.3 is 5.97 Å². The van der Waals surface area contributed by atoms with Crippen LogP contribution in [0.1, 0.15) is 30.9 Å². The zero-order valence-electron chi connectivity index (χ0n) is 10.7. The number of hydrogen-bond acceptors (Lipinski definition) is 5. The van der Waals surface area contributed by atoms with Gasteiger partial charge in [-0.2, -0.15) is 0 Å². The molecule has 2 atom stereocenters. The lowest BCUT2D eigenvalue weighted by atomic mass is 10.0. The molecule has 0 aromatic carbocycles. The first kappa shape index (κ1) is 14.4. The fourth-order valence-electron chi connectivity index (χ4n) is 2.16. The molecule has 0 aliphatic carbocycles. The second-order valence-corrected chi connectivity index (χ2v) is 6.20. The van der Waals surface area contributed by atoms with Gasteiger partial charge in [0.15, 0.2) is 3.95 Å². The summed E-state index contributed by atoms with van der Waals surface area (Å²) in [6.45, 7) is 4.93. The molecule has 2 N–H and O–H groups in total. The van der Waals surface area contributed by atoms with Gasteiger partial charge in [-0.1, -0.05) is 6.08 Å². The first-order valence-corrected chi connectivity index (χ1v) is 7.65. The number of thiazole rings is 1. The Labute approximate surface area is 121 Å². The molecule has 4 nitrogen and oxygen atoms in total. The maximum Gasteiger partial charge on any atom is 0.306 e. The van der Waals surface area contributed by atoms with Gasteiger partial charge in [0.2, 0.25) is 0 Å². The van der Waals surface area contributed by atoms with Crippen LogP contribution in [0.5, 0.6) is 0 Å². The lowest BCUT2D eigenvalue weighted by Crippen LogP contribution is -2.28. The molecule has 104 valence electrons. The number of rotatable bonds is 6. The normalized spacial score (nSPS) is 22.3. The zero-order chi connectivity index (χ0) is 13.7. The van der Waals surface area contributed by atoms with Crippen LogP contribution in [0.3, 0.4) is 0 Å². The van der Waals surface area contributed by atoms with Gasteiger partial charge in [-0.3, -0.25) is 4.79 Å². The second kappa shape index (κ2) is 6.98. The maximum atomic E-state index is 11.4. The van der Waals surface area contributed by atoms with Crippen LogP contribution in [-0.2, 0) is 9.53 Å². The molecule has 0 saturated carbocycles. The van der Waals surface area contributed by atoms with E-state index in [4.69, 9.17) is 17.0 Å². The molecule has 1 fully saturated rings. The molecular formula is C13H18N2O2S2. The molecule has 0 amide bonds. The highest BCUT2D eigenvalue weighted by atomic mass is 32.1. The lowest BCUT2D eigenvalue weighted by Gasteiger charge is -2.10. The van der Waals surface area contributed by atoms with Gasteiger partial charge in [0.05, 0.1) is 0 Å². The predicted octanol–water partition coefficient (Wildman–Crippen LogP) is 2.76. The third-order valence-corrected chi connectivity index (χ3v) is 4.28. The van der Waals surface area contributed by atoms with Crippen LogP contribution >= 0.6 is 23.6 Å². The number of hydrogen-bond donors (Lipinski definition) is 2. The Morgan fingerprint density at radius 2 is 2.53 bits per heavy atom. The van der Waals surface area contributed by atoms with Gasteiger partial charge in [-0.15, -0.1) is 17.9 Å². The largest absolute Gasteiger partial charge is 0.464 e. The Balaban J connectivity index is 1.74. The lowest BCUT2D eigenvalue weighted by molar-refractivity contribution is -0.144. The topological polar surface area (TPSA) is 54.1 Å². The quantitative estimate of drug-likeness (QED) is 0.482. The van der Waals surface area contributed by atoms with Crippen molar-refractivity contribution >= 4 is 29.5 Å². The van der Waals surface area contributed by atoms with Crippen molar-refractivity contribution in [1.29, 1.82) is 0 Å². The summed E-state index contributed by atoms with van der Waals surface area (Å²) in [5.41, 5.74) is 1.18. The number of esters is 1. The van der Waals surface area contributed by atoms with E-state index in [0.29, 0.717) is 25.4 Å². The molecule has 0 unspecified atom stereocenters. The van der Waals surface area contributed by atoms with Crippen LogP contribution in [0, 0.1) is 3.95 Å². The average molecular weight is 298 g/mol. The van der Waals surface area contributed by atoms with E-state index in [1.165, 1.54) is 5.69 Å². The number of allylic oxidation sites excluding steroid dienone is 1. The molecule has 1 saturated heterocycles. The number of aromatic nitrogens is 1. The van der Waals surface area contributed by atoms with Crippen LogP contribution in [0.2, 0.25) is 0 Å². The third kappa shape index (κ3) is 4.26. The molecule has 2 heterocycles. The first-order valence-electron chi connectivity index (χ1n) is 6.36. The highest BCUT2D eigenvalue weighted by Gasteiger charge is 2.27. The van der Waals surface area contributed by atoms with E-state index in [1.54, 1.807) is 17.4 Å². The number of aromatic amines is 1. The van der Waals surface area contributed by atoms with Gasteiger partial charge in [-0.05, 0) is 25.1 Å². The molecule has 0 spiro atoms. The summed E-state index contributed by atoms with van der Waals surface area (Å²) >= 11 is 6.65. The summed E-state index contributed by atoms with van der Waals surface area (Å²) in [6, 6.07) is 0.236. The highest BCUT2D eigenvalue weighted by molar-refractivity contribution is 7.73. The monoisotopic (exact) mass is 298 g/mol. The van der Waals surface area contributed by atoms with E-state index in [2.05, 4.69) is 22.3 Å². The Morgan fingerprint density at radius 1 is 1.68 bits per heavy atom. The van der Waals surface area contributed by atoms with Gasteiger partial charge in [0.1, 0.15) is 6.61 Å². The highest BCUT2D eigenvalue weighted by Crippen LogP contribution is 2.26. The van der Waals surface area contributed by atoms with Crippen molar-refractivity contribution in [3.8, 4) is 0 Å². The summed E-state index contributed by atoms with van der Waals surface area (Å²) in [5, 5.41) is 5.46. The van der Waals surface area contributed by atoms with Crippen LogP contribution < -0.4 is 5.32 Å². The predicted molar refractivity (Wildman–Crippen MR) is 79.0 cm³/mol. The molecule has 1 aliphatic rings. The Bertz CT molecular complexity index is 495. The number of H-pyrrole nitrogens is 1. The summed E-state index contributed by atoms with van der Waals surface area (Å²) in [7, 11) is 0. The third-order valence-electron chi connectivity index (χ3n) is 3.20. The van der Waals surface area contributed by atoms with E-state index >= 15 is 0 Å². The fraction of sp³-hybridized carbons (Fsp3) is 0.538. The van der Waals surface area contributed by atoms with E-state index < -0.39 is 0 Å².